The van der Waals surface area contributed by atoms with E-state index < -0.39 is 0 Å². The maximum absolute atomic E-state index is 9.66. The fourth-order valence-corrected chi connectivity index (χ4v) is 3.50. The van der Waals surface area contributed by atoms with Crippen molar-refractivity contribution in [2.75, 3.05) is 24.7 Å². The number of thioether (sulfide) groups is 1. The quantitative estimate of drug-likeness (QED) is 0.669. The van der Waals surface area contributed by atoms with E-state index in [1.165, 1.54) is 12.8 Å². The molecule has 0 saturated carbocycles. The van der Waals surface area contributed by atoms with Crippen LogP contribution in [0.4, 0.5) is 0 Å². The van der Waals surface area contributed by atoms with Gasteiger partial charge in [-0.1, -0.05) is 0 Å². The molecule has 0 bridgehead atoms. The standard InChI is InChI=1S/C9H16O2S/c10-9-6-12-5-8(9)7-2-1-3-11-4-7/h7-10H,1-6H2. The van der Waals surface area contributed by atoms with E-state index in [2.05, 4.69) is 0 Å². The maximum Gasteiger partial charge on any atom is 0.0670 e. The Balaban J connectivity index is 1.89. The van der Waals surface area contributed by atoms with Gasteiger partial charge in [-0.3, -0.25) is 0 Å². The Morgan fingerprint density at radius 2 is 2.25 bits per heavy atom. The second-order valence-corrected chi connectivity index (χ2v) is 4.82. The number of hydrogen-bond donors (Lipinski definition) is 1. The average molecular weight is 188 g/mol. The highest BCUT2D eigenvalue weighted by atomic mass is 32.2. The molecule has 0 amide bonds. The van der Waals surface area contributed by atoms with Gasteiger partial charge in [0, 0.05) is 19.0 Å². The van der Waals surface area contributed by atoms with Gasteiger partial charge in [-0.05, 0) is 30.4 Å². The summed E-state index contributed by atoms with van der Waals surface area (Å²) in [5.74, 6) is 3.20. The lowest BCUT2D eigenvalue weighted by Gasteiger charge is -2.28. The van der Waals surface area contributed by atoms with Crippen molar-refractivity contribution in [1.29, 1.82) is 0 Å². The van der Waals surface area contributed by atoms with Crippen LogP contribution in [0.1, 0.15) is 12.8 Å². The van der Waals surface area contributed by atoms with Crippen LogP contribution in [0.2, 0.25) is 0 Å². The van der Waals surface area contributed by atoms with Crippen molar-refractivity contribution < 1.29 is 9.84 Å². The van der Waals surface area contributed by atoms with Gasteiger partial charge in [0.1, 0.15) is 0 Å². The van der Waals surface area contributed by atoms with Gasteiger partial charge in [0.05, 0.1) is 6.10 Å². The Morgan fingerprint density at radius 1 is 1.33 bits per heavy atom. The summed E-state index contributed by atoms with van der Waals surface area (Å²) in [6.45, 7) is 1.80. The van der Waals surface area contributed by atoms with Gasteiger partial charge >= 0.3 is 0 Å². The van der Waals surface area contributed by atoms with Crippen molar-refractivity contribution in [1.82, 2.24) is 0 Å². The number of ether oxygens (including phenoxy) is 1. The first-order valence-electron chi connectivity index (χ1n) is 4.71. The second-order valence-electron chi connectivity index (χ2n) is 3.75. The van der Waals surface area contributed by atoms with Crippen molar-refractivity contribution in [3.8, 4) is 0 Å². The Labute approximate surface area is 77.7 Å². The summed E-state index contributed by atoms with van der Waals surface area (Å²) in [6.07, 6.45) is 2.36. The summed E-state index contributed by atoms with van der Waals surface area (Å²) in [6, 6.07) is 0. The molecule has 0 aromatic rings. The minimum atomic E-state index is -0.0679. The van der Waals surface area contributed by atoms with E-state index in [0.717, 1.165) is 24.7 Å². The lowest BCUT2D eigenvalue weighted by molar-refractivity contribution is 0.00613. The van der Waals surface area contributed by atoms with Gasteiger partial charge in [-0.2, -0.15) is 11.8 Å². The molecule has 2 rings (SSSR count). The molecule has 0 aromatic carbocycles. The number of hydrogen-bond acceptors (Lipinski definition) is 3. The molecule has 3 heteroatoms. The average Bonchev–Trinajstić information content (AvgIpc) is 2.53. The van der Waals surface area contributed by atoms with Gasteiger partial charge in [0.2, 0.25) is 0 Å². The molecule has 0 aliphatic carbocycles. The van der Waals surface area contributed by atoms with Crippen molar-refractivity contribution in [3.05, 3.63) is 0 Å². The first-order valence-corrected chi connectivity index (χ1v) is 5.87. The largest absolute Gasteiger partial charge is 0.392 e. The van der Waals surface area contributed by atoms with E-state index in [1.807, 2.05) is 11.8 Å². The monoisotopic (exact) mass is 188 g/mol. The SMILES string of the molecule is OC1CSCC1C1CCCOC1. The molecule has 3 unspecified atom stereocenters. The number of aliphatic hydroxyl groups excluding tert-OH is 1. The molecular formula is C9H16O2S. The van der Waals surface area contributed by atoms with Crippen molar-refractivity contribution in [3.63, 3.8) is 0 Å². The maximum atomic E-state index is 9.66. The Morgan fingerprint density at radius 3 is 2.83 bits per heavy atom. The van der Waals surface area contributed by atoms with Crippen LogP contribution in [-0.2, 0) is 4.74 Å². The fraction of sp³-hybridized carbons (Fsp3) is 1.00. The smallest absolute Gasteiger partial charge is 0.0670 e. The summed E-state index contributed by atoms with van der Waals surface area (Å²) >= 11 is 1.88. The highest BCUT2D eigenvalue weighted by molar-refractivity contribution is 7.99. The van der Waals surface area contributed by atoms with Crippen LogP contribution in [0, 0.1) is 11.8 Å². The molecular weight excluding hydrogens is 172 g/mol. The van der Waals surface area contributed by atoms with Crippen molar-refractivity contribution in [2.45, 2.75) is 18.9 Å². The van der Waals surface area contributed by atoms with Crippen LogP contribution in [-0.4, -0.2) is 35.9 Å². The topological polar surface area (TPSA) is 29.5 Å². The molecule has 0 radical (unpaired) electrons. The predicted molar refractivity (Wildman–Crippen MR) is 50.4 cm³/mol. The minimum Gasteiger partial charge on any atom is -0.392 e. The molecule has 1 N–H and O–H groups in total. The fourth-order valence-electron chi connectivity index (χ4n) is 2.11. The molecule has 2 saturated heterocycles. The first-order chi connectivity index (χ1) is 5.88. The van der Waals surface area contributed by atoms with Crippen LogP contribution in [0.5, 0.6) is 0 Å². The number of rotatable bonds is 1. The molecule has 2 aliphatic heterocycles. The lowest BCUT2D eigenvalue weighted by Crippen LogP contribution is -2.32. The predicted octanol–water partition coefficient (Wildman–Crippen LogP) is 1.14. The normalized spacial score (nSPS) is 43.2. The third kappa shape index (κ3) is 1.78. The minimum absolute atomic E-state index is 0.0679. The van der Waals surface area contributed by atoms with Gasteiger partial charge < -0.3 is 9.84 Å². The molecule has 2 fully saturated rings. The van der Waals surface area contributed by atoms with Crippen LogP contribution in [0.25, 0.3) is 0 Å². The Kier molecular flexibility index (Phi) is 2.94. The van der Waals surface area contributed by atoms with E-state index in [1.54, 1.807) is 0 Å². The van der Waals surface area contributed by atoms with Crippen molar-refractivity contribution in [2.24, 2.45) is 11.8 Å². The molecule has 70 valence electrons. The van der Waals surface area contributed by atoms with Crippen LogP contribution < -0.4 is 0 Å². The van der Waals surface area contributed by atoms with Gasteiger partial charge in [0.25, 0.3) is 0 Å². The summed E-state index contributed by atoms with van der Waals surface area (Å²) in [5, 5.41) is 9.66. The molecule has 0 aromatic heterocycles. The molecule has 0 spiro atoms. The number of aliphatic hydroxyl groups is 1. The van der Waals surface area contributed by atoms with Gasteiger partial charge in [-0.15, -0.1) is 0 Å². The van der Waals surface area contributed by atoms with Crippen LogP contribution in [0.15, 0.2) is 0 Å². The van der Waals surface area contributed by atoms with Crippen LogP contribution in [0.3, 0.4) is 0 Å². The van der Waals surface area contributed by atoms with Crippen molar-refractivity contribution >= 4 is 11.8 Å². The summed E-state index contributed by atoms with van der Waals surface area (Å²) < 4.78 is 5.42. The molecule has 2 heterocycles. The zero-order chi connectivity index (χ0) is 8.39. The summed E-state index contributed by atoms with van der Waals surface area (Å²) in [7, 11) is 0. The third-order valence-corrected chi connectivity index (χ3v) is 4.09. The van der Waals surface area contributed by atoms with E-state index in [0.29, 0.717) is 11.8 Å². The van der Waals surface area contributed by atoms with Crippen LogP contribution >= 0.6 is 11.8 Å². The van der Waals surface area contributed by atoms with Gasteiger partial charge in [-0.25, -0.2) is 0 Å². The Bertz CT molecular complexity index is 145. The molecule has 2 aliphatic rings. The summed E-state index contributed by atoms with van der Waals surface area (Å²) in [5.41, 5.74) is 0. The summed E-state index contributed by atoms with van der Waals surface area (Å²) in [4.78, 5) is 0. The second kappa shape index (κ2) is 3.99. The highest BCUT2D eigenvalue weighted by Gasteiger charge is 2.33. The Hall–Kier alpha value is 0.270. The van der Waals surface area contributed by atoms with E-state index in [9.17, 15) is 5.11 Å². The highest BCUT2D eigenvalue weighted by Crippen LogP contribution is 2.34. The van der Waals surface area contributed by atoms with Gasteiger partial charge in [0.15, 0.2) is 0 Å². The molecule has 2 nitrogen and oxygen atoms in total. The molecule has 3 atom stereocenters. The molecule has 12 heavy (non-hydrogen) atoms. The zero-order valence-electron chi connectivity index (χ0n) is 7.24. The first kappa shape index (κ1) is 8.85. The van der Waals surface area contributed by atoms with E-state index in [-0.39, 0.29) is 6.10 Å². The lowest BCUT2D eigenvalue weighted by atomic mass is 9.86. The zero-order valence-corrected chi connectivity index (χ0v) is 8.05. The third-order valence-electron chi connectivity index (χ3n) is 2.89. The van der Waals surface area contributed by atoms with E-state index >= 15 is 0 Å². The van der Waals surface area contributed by atoms with E-state index in [4.69, 9.17) is 4.74 Å².